The lowest BCUT2D eigenvalue weighted by atomic mass is 9.86. The fourth-order valence-corrected chi connectivity index (χ4v) is 4.44. The molecule has 0 aliphatic heterocycles. The molecule has 0 saturated heterocycles. The lowest BCUT2D eigenvalue weighted by molar-refractivity contribution is -0.210. The van der Waals surface area contributed by atoms with Gasteiger partial charge >= 0.3 is 5.97 Å². The maximum absolute atomic E-state index is 13.0. The molecule has 1 heterocycles. The van der Waals surface area contributed by atoms with E-state index < -0.39 is 22.0 Å². The lowest BCUT2D eigenvalue weighted by Crippen LogP contribution is -2.30. The molecule has 0 amide bonds. The smallest absolute Gasteiger partial charge is 0.287 e. The first-order valence-electron chi connectivity index (χ1n) is 10.5. The number of aromatic nitrogens is 1. The largest absolute Gasteiger partial charge is 0.352 e. The second-order valence-corrected chi connectivity index (χ2v) is 10.5. The third-order valence-corrected chi connectivity index (χ3v) is 6.47. The van der Waals surface area contributed by atoms with Gasteiger partial charge in [0.1, 0.15) is 4.90 Å². The molecule has 0 aliphatic carbocycles. The summed E-state index contributed by atoms with van der Waals surface area (Å²) in [4.78, 5) is 24.7. The number of nitrogens with one attached hydrogen (secondary N) is 1. The number of rotatable bonds is 8. The van der Waals surface area contributed by atoms with Crippen molar-refractivity contribution < 1.29 is 23.0 Å². The van der Waals surface area contributed by atoms with E-state index >= 15 is 0 Å². The van der Waals surface area contributed by atoms with Crippen LogP contribution in [0, 0.1) is 0 Å². The molecule has 174 valence electrons. The molecule has 0 bridgehead atoms. The molecular weight excluding hydrogens is 440 g/mol. The second-order valence-electron chi connectivity index (χ2n) is 8.74. The predicted octanol–water partition coefficient (Wildman–Crippen LogP) is 4.50. The van der Waals surface area contributed by atoms with Crippen molar-refractivity contribution in [1.29, 1.82) is 0 Å². The first-order valence-corrected chi connectivity index (χ1v) is 12.0. The van der Waals surface area contributed by atoms with Crippen molar-refractivity contribution in [2.24, 2.45) is 0 Å². The summed E-state index contributed by atoms with van der Waals surface area (Å²) >= 11 is 0. The first kappa shape index (κ1) is 24.4. The molecule has 1 unspecified atom stereocenters. The minimum absolute atomic E-state index is 0.0161. The Balaban J connectivity index is 1.93. The minimum atomic E-state index is -3.84. The van der Waals surface area contributed by atoms with Gasteiger partial charge in [-0.3, -0.25) is 14.8 Å². The van der Waals surface area contributed by atoms with Crippen LogP contribution >= 0.6 is 0 Å². The van der Waals surface area contributed by atoms with Crippen LogP contribution < -0.4 is 9.61 Å². The van der Waals surface area contributed by atoms with E-state index in [0.29, 0.717) is 12.0 Å². The molecule has 7 nitrogen and oxygen atoms in total. The summed E-state index contributed by atoms with van der Waals surface area (Å²) in [6.45, 7) is 7.65. The molecule has 1 aromatic heterocycles. The van der Waals surface area contributed by atoms with E-state index in [0.717, 1.165) is 5.56 Å². The average Bonchev–Trinajstić information content (AvgIpc) is 2.78. The van der Waals surface area contributed by atoms with Gasteiger partial charge < -0.3 is 0 Å². The zero-order chi connectivity index (χ0) is 24.1. The summed E-state index contributed by atoms with van der Waals surface area (Å²) in [7, 11) is -3.84. The maximum atomic E-state index is 13.0. The van der Waals surface area contributed by atoms with Crippen molar-refractivity contribution in [3.63, 3.8) is 0 Å². The van der Waals surface area contributed by atoms with Crippen molar-refractivity contribution in [2.45, 2.75) is 50.5 Å². The Morgan fingerprint density at radius 1 is 1.06 bits per heavy atom. The zero-order valence-corrected chi connectivity index (χ0v) is 19.9. The topological polar surface area (TPSA) is 94.6 Å². The molecule has 2 aromatic carbocycles. The van der Waals surface area contributed by atoms with Gasteiger partial charge in [-0.2, -0.15) is 0 Å². The molecule has 0 spiro atoms. The average molecular weight is 469 g/mol. The summed E-state index contributed by atoms with van der Waals surface area (Å²) in [5.41, 5.74) is 2.83. The van der Waals surface area contributed by atoms with Gasteiger partial charge in [0.2, 0.25) is 10.0 Å². The number of benzene rings is 2. The number of pyridine rings is 1. The summed E-state index contributed by atoms with van der Waals surface area (Å²) in [5, 5.41) is 0. The van der Waals surface area contributed by atoms with Gasteiger partial charge in [0, 0.05) is 19.3 Å². The molecule has 1 N–H and O–H groups in total. The van der Waals surface area contributed by atoms with E-state index in [-0.39, 0.29) is 16.1 Å². The summed E-state index contributed by atoms with van der Waals surface area (Å²) in [5.74, 6) is -0.301. The van der Waals surface area contributed by atoms with Gasteiger partial charge in [0.25, 0.3) is 0 Å². The Kier molecular flexibility index (Phi) is 7.50. The molecule has 3 rings (SSSR count). The first-order chi connectivity index (χ1) is 15.5. The number of carbonyl (C=O) groups is 1. The number of nitrogens with zero attached hydrogens (tertiary/aromatic N) is 1. The van der Waals surface area contributed by atoms with Crippen LogP contribution in [0.4, 0.5) is 0 Å². The van der Waals surface area contributed by atoms with Crippen molar-refractivity contribution in [3.05, 3.63) is 89.7 Å². The molecule has 0 fully saturated rings. The fraction of sp³-hybridized carbons (Fsp3) is 0.280. The quantitative estimate of drug-likeness (QED) is 0.386. The maximum Gasteiger partial charge on any atom is 0.352 e. The normalized spacial score (nSPS) is 12.7. The van der Waals surface area contributed by atoms with Crippen LogP contribution in [-0.2, 0) is 31.5 Å². The highest BCUT2D eigenvalue weighted by Gasteiger charge is 2.23. The van der Waals surface area contributed by atoms with Gasteiger partial charge in [-0.1, -0.05) is 57.2 Å². The Hall–Kier alpha value is -3.23. The molecule has 1 atom stereocenters. The van der Waals surface area contributed by atoms with Crippen LogP contribution in [0.1, 0.15) is 50.4 Å². The Bertz CT molecular complexity index is 1190. The van der Waals surface area contributed by atoms with E-state index in [4.69, 9.17) is 4.89 Å². The van der Waals surface area contributed by atoms with Crippen LogP contribution in [0.5, 0.6) is 5.75 Å². The molecule has 33 heavy (non-hydrogen) atoms. The van der Waals surface area contributed by atoms with Crippen LogP contribution in [0.25, 0.3) is 0 Å². The van der Waals surface area contributed by atoms with Gasteiger partial charge in [0.15, 0.2) is 5.75 Å². The number of hydrogen-bond acceptors (Lipinski definition) is 6. The standard InChI is InChI=1S/C25H28N2O5S/c1-18(28)31-32-22-8-5-7-20(16-22)24(27-33(29,30)23-9-6-14-26-17-23)15-19-10-12-21(13-11-19)25(2,3)4/h5-14,16-17,24,27H,15H2,1-4H3. The van der Waals surface area contributed by atoms with E-state index in [2.05, 4.69) is 47.5 Å². The molecule has 8 heteroatoms. The van der Waals surface area contributed by atoms with Crippen LogP contribution in [0.3, 0.4) is 0 Å². The minimum Gasteiger partial charge on any atom is -0.287 e. The molecule has 3 aromatic rings. The summed E-state index contributed by atoms with van der Waals surface area (Å²) in [6, 6.07) is 17.4. The van der Waals surface area contributed by atoms with Gasteiger partial charge in [-0.05, 0) is 52.8 Å². The summed E-state index contributed by atoms with van der Waals surface area (Å²) < 4.78 is 28.9. The van der Waals surface area contributed by atoms with Gasteiger partial charge in [0.05, 0.1) is 6.04 Å². The van der Waals surface area contributed by atoms with Crippen molar-refractivity contribution >= 4 is 16.0 Å². The predicted molar refractivity (Wildman–Crippen MR) is 125 cm³/mol. The van der Waals surface area contributed by atoms with E-state index in [1.165, 1.54) is 30.9 Å². The molecule has 0 saturated carbocycles. The fourth-order valence-electron chi connectivity index (χ4n) is 3.26. The van der Waals surface area contributed by atoms with Gasteiger partial charge in [-0.15, -0.1) is 0 Å². The van der Waals surface area contributed by atoms with Gasteiger partial charge in [-0.25, -0.2) is 17.9 Å². The Morgan fingerprint density at radius 2 is 1.79 bits per heavy atom. The number of hydrogen-bond donors (Lipinski definition) is 1. The highest BCUT2D eigenvalue weighted by molar-refractivity contribution is 7.89. The lowest BCUT2D eigenvalue weighted by Gasteiger charge is -2.22. The number of sulfonamides is 1. The monoisotopic (exact) mass is 468 g/mol. The molecule has 0 radical (unpaired) electrons. The third-order valence-electron chi connectivity index (χ3n) is 5.02. The van der Waals surface area contributed by atoms with Crippen LogP contribution in [-0.4, -0.2) is 19.4 Å². The van der Waals surface area contributed by atoms with Crippen LogP contribution in [0.2, 0.25) is 0 Å². The van der Waals surface area contributed by atoms with E-state index in [9.17, 15) is 13.2 Å². The number of carbonyl (C=O) groups excluding carboxylic acids is 1. The van der Waals surface area contributed by atoms with Crippen molar-refractivity contribution in [3.8, 4) is 5.75 Å². The van der Waals surface area contributed by atoms with E-state index in [1.807, 2.05) is 12.1 Å². The highest BCUT2D eigenvalue weighted by atomic mass is 32.2. The molecule has 0 aliphatic rings. The second kappa shape index (κ2) is 10.1. The Labute approximate surface area is 194 Å². The zero-order valence-electron chi connectivity index (χ0n) is 19.1. The van der Waals surface area contributed by atoms with Crippen molar-refractivity contribution in [2.75, 3.05) is 0 Å². The van der Waals surface area contributed by atoms with Crippen LogP contribution in [0.15, 0.2) is 78.0 Å². The summed E-state index contributed by atoms with van der Waals surface area (Å²) in [6.07, 6.45) is 3.22. The highest BCUT2D eigenvalue weighted by Crippen LogP contribution is 2.27. The molecular formula is C25H28N2O5S. The SMILES string of the molecule is CC(=O)OOc1cccc(C(Cc2ccc(C(C)(C)C)cc2)NS(=O)(=O)c2cccnc2)c1. The third kappa shape index (κ3) is 6.87. The van der Waals surface area contributed by atoms with E-state index in [1.54, 1.807) is 30.3 Å². The van der Waals surface area contributed by atoms with Crippen molar-refractivity contribution in [1.82, 2.24) is 9.71 Å². The Morgan fingerprint density at radius 3 is 2.39 bits per heavy atom.